The van der Waals surface area contributed by atoms with Gasteiger partial charge in [0.05, 0.1) is 0 Å². The minimum Gasteiger partial charge on any atom is -0.368 e. The van der Waals surface area contributed by atoms with E-state index in [4.69, 9.17) is 19.2 Å². The molecule has 1 aliphatic carbocycles. The first kappa shape index (κ1) is 13.5. The van der Waals surface area contributed by atoms with Crippen LogP contribution in [0.15, 0.2) is 0 Å². The van der Waals surface area contributed by atoms with Crippen molar-refractivity contribution in [1.82, 2.24) is 0 Å². The van der Waals surface area contributed by atoms with Gasteiger partial charge in [-0.2, -0.15) is 0 Å². The van der Waals surface area contributed by atoms with Gasteiger partial charge in [0, 0.05) is 18.3 Å². The zero-order valence-electron chi connectivity index (χ0n) is 12.4. The van der Waals surface area contributed by atoms with Crippen LogP contribution in [0.4, 0.5) is 0 Å². The second kappa shape index (κ2) is 4.17. The van der Waals surface area contributed by atoms with E-state index in [1.54, 1.807) is 0 Å². The number of fused-ring (bicyclic) bond motifs is 2. The maximum atomic E-state index is 10.2. The fourth-order valence-corrected chi connectivity index (χ4v) is 4.89. The molecule has 5 nitrogen and oxygen atoms in total. The number of aliphatic hydroxyl groups excluding tert-OH is 1. The zero-order chi connectivity index (χ0) is 14.1. The lowest BCUT2D eigenvalue weighted by molar-refractivity contribution is -0.576. The van der Waals surface area contributed by atoms with Crippen molar-refractivity contribution >= 4 is 0 Å². The van der Waals surface area contributed by atoms with Crippen molar-refractivity contribution in [3.8, 4) is 0 Å². The Morgan fingerprint density at radius 1 is 1.05 bits per heavy atom. The Labute approximate surface area is 119 Å². The van der Waals surface area contributed by atoms with Gasteiger partial charge in [0.2, 0.25) is 5.79 Å². The maximum absolute atomic E-state index is 10.2. The lowest BCUT2D eigenvalue weighted by atomic mass is 9.58. The van der Waals surface area contributed by atoms with E-state index in [1.807, 2.05) is 13.8 Å². The van der Waals surface area contributed by atoms with Gasteiger partial charge in [0.1, 0.15) is 0 Å². The summed E-state index contributed by atoms with van der Waals surface area (Å²) in [6.07, 6.45) is 2.72. The molecule has 1 spiro atoms. The molecule has 5 fully saturated rings. The molecule has 20 heavy (non-hydrogen) atoms. The van der Waals surface area contributed by atoms with Gasteiger partial charge in [0.25, 0.3) is 0 Å². The van der Waals surface area contributed by atoms with Crippen molar-refractivity contribution in [2.75, 3.05) is 0 Å². The van der Waals surface area contributed by atoms with E-state index in [1.165, 1.54) is 6.42 Å². The summed E-state index contributed by atoms with van der Waals surface area (Å²) in [5, 5.41) is 10.2. The molecule has 0 aromatic carbocycles. The van der Waals surface area contributed by atoms with Crippen LogP contribution in [0.5, 0.6) is 0 Å². The molecule has 5 heteroatoms. The molecule has 114 valence electrons. The molecule has 0 amide bonds. The van der Waals surface area contributed by atoms with Crippen molar-refractivity contribution in [3.63, 3.8) is 0 Å². The van der Waals surface area contributed by atoms with Crippen LogP contribution in [-0.2, 0) is 19.2 Å². The number of aliphatic hydroxyl groups is 1. The van der Waals surface area contributed by atoms with Gasteiger partial charge in [-0.25, -0.2) is 9.78 Å². The highest BCUT2D eigenvalue weighted by Gasteiger charge is 2.69. The molecule has 8 atom stereocenters. The van der Waals surface area contributed by atoms with Crippen LogP contribution in [0.25, 0.3) is 0 Å². The first-order valence-corrected chi connectivity index (χ1v) is 7.84. The minimum absolute atomic E-state index is 0.0379. The lowest BCUT2D eigenvalue weighted by Gasteiger charge is -2.59. The third-order valence-corrected chi connectivity index (χ3v) is 6.12. The molecule has 4 saturated heterocycles. The summed E-state index contributed by atoms with van der Waals surface area (Å²) in [4.78, 5) is 11.6. The normalized spacial score (nSPS) is 61.8. The van der Waals surface area contributed by atoms with Gasteiger partial charge in [-0.1, -0.05) is 13.8 Å². The summed E-state index contributed by atoms with van der Waals surface area (Å²) in [5.74, 6) is 0.437. The molecule has 4 heterocycles. The van der Waals surface area contributed by atoms with Crippen LogP contribution >= 0.6 is 0 Å². The van der Waals surface area contributed by atoms with E-state index in [0.29, 0.717) is 11.8 Å². The van der Waals surface area contributed by atoms with E-state index in [-0.39, 0.29) is 11.8 Å². The van der Waals surface area contributed by atoms with Crippen molar-refractivity contribution in [3.05, 3.63) is 0 Å². The van der Waals surface area contributed by atoms with E-state index in [9.17, 15) is 5.11 Å². The minimum atomic E-state index is -0.781. The Morgan fingerprint density at radius 3 is 2.65 bits per heavy atom. The Balaban J connectivity index is 1.82. The van der Waals surface area contributed by atoms with Crippen LogP contribution in [0.2, 0.25) is 0 Å². The Morgan fingerprint density at radius 2 is 1.85 bits per heavy atom. The van der Waals surface area contributed by atoms with Crippen LogP contribution in [0.3, 0.4) is 0 Å². The third kappa shape index (κ3) is 1.56. The Hall–Kier alpha value is -0.200. The standard InChI is InChI=1S/C15H24O5/c1-8-4-5-11-9(2)12(16)17-13-15(11)10(8)6-7-14(3,18-13)19-20-15/h8-13,16H,4-7H2,1-3H3/t8?,9-,10+,11?,12?,13?,14?,15?/m1/s1. The third-order valence-electron chi connectivity index (χ3n) is 6.12. The van der Waals surface area contributed by atoms with Gasteiger partial charge >= 0.3 is 0 Å². The first-order valence-electron chi connectivity index (χ1n) is 7.84. The fraction of sp³-hybridized carbons (Fsp3) is 1.00. The second-order valence-corrected chi connectivity index (χ2v) is 7.30. The largest absolute Gasteiger partial charge is 0.368 e. The number of hydrogen-bond acceptors (Lipinski definition) is 5. The Kier molecular flexibility index (Phi) is 2.81. The average Bonchev–Trinajstić information content (AvgIpc) is 2.63. The SMILES string of the molecule is CC1CCC2[C@@H](C)C(O)OC3OC4(C)CC[C@@H]1C32OO4. The van der Waals surface area contributed by atoms with Gasteiger partial charge in [0.15, 0.2) is 18.2 Å². The zero-order valence-corrected chi connectivity index (χ0v) is 12.4. The van der Waals surface area contributed by atoms with Crippen molar-refractivity contribution in [2.24, 2.45) is 23.7 Å². The van der Waals surface area contributed by atoms with Crippen LogP contribution in [0.1, 0.15) is 46.5 Å². The molecule has 5 aliphatic rings. The fourth-order valence-electron chi connectivity index (χ4n) is 4.89. The van der Waals surface area contributed by atoms with Crippen LogP contribution in [0, 0.1) is 23.7 Å². The van der Waals surface area contributed by atoms with Crippen molar-refractivity contribution in [1.29, 1.82) is 0 Å². The molecule has 2 bridgehead atoms. The highest BCUT2D eigenvalue weighted by Crippen LogP contribution is 2.60. The highest BCUT2D eigenvalue weighted by atomic mass is 17.3. The van der Waals surface area contributed by atoms with Crippen LogP contribution in [-0.4, -0.2) is 29.1 Å². The molecular weight excluding hydrogens is 260 g/mol. The summed E-state index contributed by atoms with van der Waals surface area (Å²) >= 11 is 0. The van der Waals surface area contributed by atoms with Crippen molar-refractivity contribution < 1.29 is 24.4 Å². The molecule has 6 unspecified atom stereocenters. The predicted octanol–water partition coefficient (Wildman–Crippen LogP) is 2.19. The number of ether oxygens (including phenoxy) is 2. The monoisotopic (exact) mass is 284 g/mol. The summed E-state index contributed by atoms with van der Waals surface area (Å²) in [5.41, 5.74) is -0.549. The smallest absolute Gasteiger partial charge is 0.201 e. The number of rotatable bonds is 0. The second-order valence-electron chi connectivity index (χ2n) is 7.30. The molecule has 1 saturated carbocycles. The average molecular weight is 284 g/mol. The van der Waals surface area contributed by atoms with E-state index < -0.39 is 24.0 Å². The molecule has 0 radical (unpaired) electrons. The first-order chi connectivity index (χ1) is 9.46. The molecular formula is C15H24O5. The van der Waals surface area contributed by atoms with Crippen molar-refractivity contribution in [2.45, 2.75) is 70.4 Å². The summed E-state index contributed by atoms with van der Waals surface area (Å²) < 4.78 is 11.9. The van der Waals surface area contributed by atoms with E-state index >= 15 is 0 Å². The summed E-state index contributed by atoms with van der Waals surface area (Å²) in [6, 6.07) is 0. The highest BCUT2D eigenvalue weighted by molar-refractivity contribution is 5.08. The van der Waals surface area contributed by atoms with Crippen LogP contribution < -0.4 is 0 Å². The van der Waals surface area contributed by atoms with Gasteiger partial charge in [-0.15, -0.1) is 0 Å². The molecule has 0 aromatic heterocycles. The maximum Gasteiger partial charge on any atom is 0.201 e. The topological polar surface area (TPSA) is 57.2 Å². The molecule has 0 aromatic rings. The quantitative estimate of drug-likeness (QED) is 0.691. The van der Waals surface area contributed by atoms with Gasteiger partial charge in [-0.3, -0.25) is 0 Å². The molecule has 1 N–H and O–H groups in total. The lowest BCUT2D eigenvalue weighted by Crippen LogP contribution is -2.70. The Bertz CT molecular complexity index is 411. The van der Waals surface area contributed by atoms with Gasteiger partial charge < -0.3 is 14.6 Å². The van der Waals surface area contributed by atoms with E-state index in [2.05, 4.69) is 6.92 Å². The van der Waals surface area contributed by atoms with Gasteiger partial charge in [-0.05, 0) is 38.0 Å². The number of hydrogen-bond donors (Lipinski definition) is 1. The molecule has 4 aliphatic heterocycles. The summed E-state index contributed by atoms with van der Waals surface area (Å²) in [7, 11) is 0. The predicted molar refractivity (Wildman–Crippen MR) is 69.0 cm³/mol. The summed E-state index contributed by atoms with van der Waals surface area (Å²) in [6.45, 7) is 6.22. The molecule has 5 rings (SSSR count). The van der Waals surface area contributed by atoms with E-state index in [0.717, 1.165) is 19.3 Å².